The van der Waals surface area contributed by atoms with E-state index in [1.807, 2.05) is 33.8 Å². The number of hydrogen-bond acceptors (Lipinski definition) is 7. The molecule has 0 spiro atoms. The highest BCUT2D eigenvalue weighted by Crippen LogP contribution is 2.29. The molecule has 0 atom stereocenters. The molecule has 0 aliphatic rings. The van der Waals surface area contributed by atoms with Gasteiger partial charge in [-0.15, -0.1) is 0 Å². The number of carbonyl (C=O) groups is 3. The van der Waals surface area contributed by atoms with E-state index in [1.54, 1.807) is 7.11 Å². The fourth-order valence-corrected chi connectivity index (χ4v) is 2.53. The lowest BCUT2D eigenvalue weighted by atomic mass is 10.1. The Hall–Kier alpha value is -3.19. The van der Waals surface area contributed by atoms with E-state index in [1.165, 1.54) is 43.2 Å². The van der Waals surface area contributed by atoms with Crippen molar-refractivity contribution in [3.63, 3.8) is 0 Å². The van der Waals surface area contributed by atoms with Gasteiger partial charge in [0.1, 0.15) is 5.75 Å². The second-order valence-electron chi connectivity index (χ2n) is 8.35. The number of hydrogen-bond donors (Lipinski definition) is 1. The van der Waals surface area contributed by atoms with Crippen LogP contribution in [0.25, 0.3) is 0 Å². The zero-order chi connectivity index (χ0) is 24.5. The summed E-state index contributed by atoms with van der Waals surface area (Å²) in [6.07, 6.45) is 0. The van der Waals surface area contributed by atoms with Gasteiger partial charge in [0.25, 0.3) is 0 Å². The molecule has 2 rings (SSSR count). The minimum atomic E-state index is -0.564. The van der Waals surface area contributed by atoms with E-state index in [0.29, 0.717) is 5.56 Å². The maximum atomic E-state index is 12.2. The van der Waals surface area contributed by atoms with Crippen molar-refractivity contribution in [2.24, 2.45) is 0 Å². The van der Waals surface area contributed by atoms with Gasteiger partial charge in [-0.25, -0.2) is 0 Å². The predicted molar refractivity (Wildman–Crippen MR) is 124 cm³/mol. The number of ketones is 1. The van der Waals surface area contributed by atoms with Crippen molar-refractivity contribution in [1.82, 2.24) is 5.32 Å². The molecule has 0 aromatic heterocycles. The first-order chi connectivity index (χ1) is 14.8. The lowest BCUT2D eigenvalue weighted by molar-refractivity contribution is -0.134. The Bertz CT molecular complexity index is 959. The van der Waals surface area contributed by atoms with Crippen LogP contribution in [0.3, 0.4) is 0 Å². The molecule has 174 valence electrons. The Labute approximate surface area is 190 Å². The molecule has 0 unspecified atom stereocenters. The third-order valence-electron chi connectivity index (χ3n) is 4.12. The van der Waals surface area contributed by atoms with E-state index in [0.717, 1.165) is 5.75 Å². The van der Waals surface area contributed by atoms with Crippen LogP contribution >= 0.6 is 0 Å². The summed E-state index contributed by atoms with van der Waals surface area (Å²) >= 11 is 0. The second kappa shape index (κ2) is 12.0. The molecule has 32 heavy (non-hydrogen) atoms. The molecule has 2 aromatic rings. The van der Waals surface area contributed by atoms with Gasteiger partial charge in [0.05, 0.1) is 13.7 Å². The maximum absolute atomic E-state index is 12.2. The van der Waals surface area contributed by atoms with Gasteiger partial charge in [0.2, 0.25) is 0 Å². The molecule has 0 radical (unpaired) electrons. The van der Waals surface area contributed by atoms with Gasteiger partial charge in [0.15, 0.2) is 17.3 Å². The van der Waals surface area contributed by atoms with Gasteiger partial charge in [-0.05, 0) is 70.0 Å². The van der Waals surface area contributed by atoms with E-state index >= 15 is 0 Å². The summed E-state index contributed by atoms with van der Waals surface area (Å²) in [7, 11) is 1.70. The van der Waals surface area contributed by atoms with Crippen LogP contribution in [0.5, 0.6) is 17.2 Å². The summed E-state index contributed by atoms with van der Waals surface area (Å²) < 4.78 is 15.1. The number of rotatable bonds is 6. The Morgan fingerprint density at radius 3 is 1.94 bits per heavy atom. The second-order valence-corrected chi connectivity index (χ2v) is 8.35. The molecule has 7 heteroatoms. The van der Waals surface area contributed by atoms with Crippen molar-refractivity contribution in [2.45, 2.75) is 54.0 Å². The molecule has 0 saturated carbocycles. The standard InChI is InChI=1S/C16H21NO5.C9H12O/c1-10(18)21-14-7-6-12(8-15(14)22-11(2)19)13(20)9-17-16(3,4)5;1-7-4-5-8(2)9(6-7)10-3/h6-8,17H,9H2,1-5H3;4-6H,1-3H3. The van der Waals surface area contributed by atoms with Gasteiger partial charge in [-0.3, -0.25) is 14.4 Å². The van der Waals surface area contributed by atoms with Crippen LogP contribution in [0.4, 0.5) is 0 Å². The fourth-order valence-electron chi connectivity index (χ4n) is 2.53. The maximum Gasteiger partial charge on any atom is 0.308 e. The summed E-state index contributed by atoms with van der Waals surface area (Å²) in [5, 5.41) is 3.08. The molecule has 7 nitrogen and oxygen atoms in total. The number of benzene rings is 2. The van der Waals surface area contributed by atoms with Crippen molar-refractivity contribution < 1.29 is 28.6 Å². The van der Waals surface area contributed by atoms with Crippen molar-refractivity contribution in [1.29, 1.82) is 0 Å². The van der Waals surface area contributed by atoms with Crippen molar-refractivity contribution in [3.05, 3.63) is 53.1 Å². The van der Waals surface area contributed by atoms with Gasteiger partial charge in [0, 0.05) is 24.9 Å². The molecule has 0 saturated heterocycles. The van der Waals surface area contributed by atoms with Gasteiger partial charge < -0.3 is 19.5 Å². The van der Waals surface area contributed by atoms with Gasteiger partial charge in [-0.1, -0.05) is 12.1 Å². The molecule has 0 fully saturated rings. The number of methoxy groups -OCH3 is 1. The minimum Gasteiger partial charge on any atom is -0.496 e. The Morgan fingerprint density at radius 2 is 1.44 bits per heavy atom. The summed E-state index contributed by atoms with van der Waals surface area (Å²) in [5.74, 6) is -0.141. The van der Waals surface area contributed by atoms with Gasteiger partial charge in [-0.2, -0.15) is 0 Å². The Kier molecular flexibility index (Phi) is 10.1. The number of ether oxygens (including phenoxy) is 3. The predicted octanol–water partition coefficient (Wildman–Crippen LogP) is 4.42. The monoisotopic (exact) mass is 443 g/mol. The molecule has 0 bridgehead atoms. The molecular formula is C25H33NO6. The van der Waals surface area contributed by atoms with Crippen molar-refractivity contribution >= 4 is 17.7 Å². The molecule has 0 heterocycles. The molecule has 0 amide bonds. The summed E-state index contributed by atoms with van der Waals surface area (Å²) in [4.78, 5) is 34.3. The normalized spacial score (nSPS) is 10.5. The number of aryl methyl sites for hydroxylation is 2. The van der Waals surface area contributed by atoms with E-state index in [9.17, 15) is 14.4 Å². The van der Waals surface area contributed by atoms with Crippen LogP contribution in [-0.2, 0) is 9.59 Å². The largest absolute Gasteiger partial charge is 0.496 e. The van der Waals surface area contributed by atoms with Gasteiger partial charge >= 0.3 is 11.9 Å². The first-order valence-electron chi connectivity index (χ1n) is 10.2. The van der Waals surface area contributed by atoms with Crippen LogP contribution in [0.2, 0.25) is 0 Å². The first-order valence-corrected chi connectivity index (χ1v) is 10.2. The highest BCUT2D eigenvalue weighted by Gasteiger charge is 2.16. The lowest BCUT2D eigenvalue weighted by Gasteiger charge is -2.20. The zero-order valence-electron chi connectivity index (χ0n) is 20.1. The third kappa shape index (κ3) is 9.75. The van der Waals surface area contributed by atoms with Crippen LogP contribution in [0.15, 0.2) is 36.4 Å². The summed E-state index contributed by atoms with van der Waals surface area (Å²) in [5.41, 5.74) is 2.60. The van der Waals surface area contributed by atoms with Crippen molar-refractivity contribution in [3.8, 4) is 17.2 Å². The first kappa shape index (κ1) is 26.8. The lowest BCUT2D eigenvalue weighted by Crippen LogP contribution is -2.39. The van der Waals surface area contributed by atoms with Crippen LogP contribution in [0.1, 0.15) is 56.1 Å². The number of carbonyl (C=O) groups excluding carboxylic acids is 3. The summed E-state index contributed by atoms with van der Waals surface area (Å²) in [6.45, 7) is 12.6. The van der Waals surface area contributed by atoms with E-state index < -0.39 is 11.9 Å². The highest BCUT2D eigenvalue weighted by atomic mass is 16.6. The van der Waals surface area contributed by atoms with E-state index in [2.05, 4.69) is 24.4 Å². The fraction of sp³-hybridized carbons (Fsp3) is 0.400. The topological polar surface area (TPSA) is 90.9 Å². The average Bonchev–Trinajstić information content (AvgIpc) is 2.68. The molecule has 1 N–H and O–H groups in total. The number of nitrogens with one attached hydrogen (secondary N) is 1. The summed E-state index contributed by atoms with van der Waals surface area (Å²) in [6, 6.07) is 10.5. The molecule has 0 aliphatic heterocycles. The van der Waals surface area contributed by atoms with E-state index in [-0.39, 0.29) is 29.4 Å². The number of esters is 2. The SMILES string of the molecule is CC(=O)Oc1ccc(C(=O)CNC(C)(C)C)cc1OC(C)=O.COc1cc(C)ccc1C. The van der Waals surface area contributed by atoms with E-state index in [4.69, 9.17) is 14.2 Å². The Morgan fingerprint density at radius 1 is 0.844 bits per heavy atom. The number of Topliss-reactive ketones (excluding diaryl/α,β-unsaturated/α-hetero) is 1. The van der Waals surface area contributed by atoms with Crippen LogP contribution in [0, 0.1) is 13.8 Å². The van der Waals surface area contributed by atoms with Crippen molar-refractivity contribution in [2.75, 3.05) is 13.7 Å². The minimum absolute atomic E-state index is 0.0457. The third-order valence-corrected chi connectivity index (χ3v) is 4.12. The molecule has 2 aromatic carbocycles. The zero-order valence-corrected chi connectivity index (χ0v) is 20.1. The molecule has 0 aliphatic carbocycles. The average molecular weight is 444 g/mol. The van der Waals surface area contributed by atoms with Crippen LogP contribution < -0.4 is 19.5 Å². The Balaban J connectivity index is 0.000000425. The highest BCUT2D eigenvalue weighted by molar-refractivity contribution is 5.98. The van der Waals surface area contributed by atoms with Crippen LogP contribution in [-0.4, -0.2) is 36.9 Å². The smallest absolute Gasteiger partial charge is 0.308 e. The molecular weight excluding hydrogens is 410 g/mol. The quantitative estimate of drug-likeness (QED) is 0.401.